The summed E-state index contributed by atoms with van der Waals surface area (Å²) >= 11 is 6.17. The maximum Gasteiger partial charge on any atom is 0.410 e. The van der Waals surface area contributed by atoms with Crippen LogP contribution in [0.2, 0.25) is 5.02 Å². The Balaban J connectivity index is 1.61. The van der Waals surface area contributed by atoms with Crippen LogP contribution in [0.3, 0.4) is 0 Å². The smallest absolute Gasteiger partial charge is 0.410 e. The second-order valence-corrected chi connectivity index (χ2v) is 11.3. The number of carbonyl (C=O) groups excluding carboxylic acids is 1. The van der Waals surface area contributed by atoms with Gasteiger partial charge in [0.05, 0.1) is 4.92 Å². The Morgan fingerprint density at radius 2 is 1.66 bits per heavy atom. The number of nitro benzene ring substituents is 1. The summed E-state index contributed by atoms with van der Waals surface area (Å²) < 4.78 is 5.70. The molecular weight excluding hydrogens is 502 g/mol. The maximum absolute atomic E-state index is 13.0. The van der Waals surface area contributed by atoms with E-state index in [-0.39, 0.29) is 28.5 Å². The number of carbonyl (C=O) groups is 1. The van der Waals surface area contributed by atoms with Crippen molar-refractivity contribution < 1.29 is 14.5 Å². The molecule has 0 aromatic heterocycles. The molecule has 3 aromatic rings. The van der Waals surface area contributed by atoms with Gasteiger partial charge in [-0.1, -0.05) is 54.1 Å². The van der Waals surface area contributed by atoms with Crippen LogP contribution in [0.4, 0.5) is 16.2 Å². The molecule has 0 spiro atoms. The van der Waals surface area contributed by atoms with E-state index in [0.717, 1.165) is 17.7 Å². The number of amides is 1. The van der Waals surface area contributed by atoms with Crippen molar-refractivity contribution in [3.8, 4) is 0 Å². The molecule has 1 aliphatic heterocycles. The Bertz CT molecular complexity index is 1240. The number of rotatable bonds is 8. The largest absolute Gasteiger partial charge is 0.444 e. The van der Waals surface area contributed by atoms with Crippen LogP contribution in [0.25, 0.3) is 0 Å². The lowest BCUT2D eigenvalue weighted by Crippen LogP contribution is -2.36. The number of non-ortho nitro benzene ring substituents is 1. The summed E-state index contributed by atoms with van der Waals surface area (Å²) in [5, 5.41) is 12.0. The molecule has 0 bridgehead atoms. The van der Waals surface area contributed by atoms with Gasteiger partial charge < -0.3 is 14.5 Å². The van der Waals surface area contributed by atoms with E-state index in [2.05, 4.69) is 17.0 Å². The van der Waals surface area contributed by atoms with Crippen molar-refractivity contribution >= 4 is 29.1 Å². The topological polar surface area (TPSA) is 75.9 Å². The van der Waals surface area contributed by atoms with Crippen LogP contribution < -0.4 is 4.90 Å². The molecule has 1 aliphatic rings. The van der Waals surface area contributed by atoms with Gasteiger partial charge in [-0.2, -0.15) is 0 Å². The highest BCUT2D eigenvalue weighted by Crippen LogP contribution is 2.32. The molecule has 3 aromatic carbocycles. The Hall–Kier alpha value is -3.58. The van der Waals surface area contributed by atoms with Crippen LogP contribution in [-0.2, 0) is 17.7 Å². The van der Waals surface area contributed by atoms with Crippen LogP contribution in [-0.4, -0.2) is 41.2 Å². The van der Waals surface area contributed by atoms with Crippen molar-refractivity contribution in [3.63, 3.8) is 0 Å². The lowest BCUT2D eigenvalue weighted by molar-refractivity contribution is -0.384. The predicted octanol–water partition coefficient (Wildman–Crippen LogP) is 6.98. The number of hydrogen-bond donors (Lipinski definition) is 0. The van der Waals surface area contributed by atoms with Crippen LogP contribution in [0.5, 0.6) is 0 Å². The Kier molecular flexibility index (Phi) is 8.57. The maximum atomic E-state index is 13.0. The second-order valence-electron chi connectivity index (χ2n) is 10.9. The van der Waals surface area contributed by atoms with Gasteiger partial charge in [0.2, 0.25) is 0 Å². The van der Waals surface area contributed by atoms with Crippen molar-refractivity contribution in [2.75, 3.05) is 24.5 Å². The van der Waals surface area contributed by atoms with Gasteiger partial charge >= 0.3 is 6.09 Å². The van der Waals surface area contributed by atoms with Crippen molar-refractivity contribution in [2.45, 2.75) is 39.3 Å². The van der Waals surface area contributed by atoms with Gasteiger partial charge in [0.1, 0.15) is 5.60 Å². The fourth-order valence-electron chi connectivity index (χ4n) is 4.95. The van der Waals surface area contributed by atoms with Crippen molar-refractivity contribution in [1.29, 1.82) is 0 Å². The number of nitrogens with zero attached hydrogens (tertiary/aromatic N) is 3. The number of likely N-dealkylation sites (tertiary alicyclic amines) is 1. The molecule has 2 atom stereocenters. The standard InChI is InChI=1S/C30H34ClN3O4/c1-30(2,3)38-29(35)33-19-24(16-22-8-5-4-6-9-22)25(21-33)20-32(27-14-12-26(31)13-15-27)18-23-10-7-11-28(17-23)34(36)37/h4-15,17,24-25H,16,18-21H2,1-3H3/t24-,25-/m0/s1. The first-order chi connectivity index (χ1) is 18.1. The van der Waals surface area contributed by atoms with E-state index in [0.29, 0.717) is 31.2 Å². The van der Waals surface area contributed by atoms with E-state index in [9.17, 15) is 14.9 Å². The third kappa shape index (κ3) is 7.48. The summed E-state index contributed by atoms with van der Waals surface area (Å²) in [6.07, 6.45) is 0.547. The zero-order valence-electron chi connectivity index (χ0n) is 22.0. The number of ether oxygens (including phenoxy) is 1. The minimum atomic E-state index is -0.568. The first-order valence-electron chi connectivity index (χ1n) is 12.8. The van der Waals surface area contributed by atoms with Crippen LogP contribution in [0.15, 0.2) is 78.9 Å². The molecule has 1 fully saturated rings. The van der Waals surface area contributed by atoms with Crippen molar-refractivity contribution in [3.05, 3.63) is 105 Å². The first kappa shape index (κ1) is 27.5. The van der Waals surface area contributed by atoms with E-state index in [1.54, 1.807) is 12.1 Å². The number of benzene rings is 3. The monoisotopic (exact) mass is 535 g/mol. The predicted molar refractivity (Wildman–Crippen MR) is 151 cm³/mol. The first-order valence-corrected chi connectivity index (χ1v) is 13.2. The third-order valence-electron chi connectivity index (χ3n) is 6.71. The summed E-state index contributed by atoms with van der Waals surface area (Å²) in [7, 11) is 0. The van der Waals surface area contributed by atoms with E-state index in [1.165, 1.54) is 11.6 Å². The molecule has 0 unspecified atom stereocenters. The summed E-state index contributed by atoms with van der Waals surface area (Å²) in [5.41, 5.74) is 2.54. The summed E-state index contributed by atoms with van der Waals surface area (Å²) in [6, 6.07) is 24.7. The highest BCUT2D eigenvalue weighted by atomic mass is 35.5. The molecule has 1 heterocycles. The average molecular weight is 536 g/mol. The molecule has 7 nitrogen and oxygen atoms in total. The van der Waals surface area contributed by atoms with Gasteiger partial charge in [-0.15, -0.1) is 0 Å². The number of hydrogen-bond acceptors (Lipinski definition) is 5. The molecule has 0 N–H and O–H groups in total. The van der Waals surface area contributed by atoms with Crippen molar-refractivity contribution in [1.82, 2.24) is 4.90 Å². The van der Waals surface area contributed by atoms with Gasteiger partial charge in [-0.05, 0) is 74.4 Å². The fourth-order valence-corrected chi connectivity index (χ4v) is 5.08. The molecular formula is C30H34ClN3O4. The lowest BCUT2D eigenvalue weighted by atomic mass is 9.89. The molecule has 0 saturated carbocycles. The van der Waals surface area contributed by atoms with E-state index in [1.807, 2.05) is 74.2 Å². The molecule has 8 heteroatoms. The van der Waals surface area contributed by atoms with Gasteiger partial charge in [-0.25, -0.2) is 4.79 Å². The third-order valence-corrected chi connectivity index (χ3v) is 6.96. The zero-order valence-corrected chi connectivity index (χ0v) is 22.8. The number of anilines is 1. The minimum absolute atomic E-state index is 0.0671. The highest BCUT2D eigenvalue weighted by molar-refractivity contribution is 6.30. The van der Waals surface area contributed by atoms with Crippen LogP contribution in [0.1, 0.15) is 31.9 Å². The number of halogens is 1. The molecule has 4 rings (SSSR count). The van der Waals surface area contributed by atoms with Crippen molar-refractivity contribution in [2.24, 2.45) is 11.8 Å². The van der Waals surface area contributed by atoms with Crippen LogP contribution >= 0.6 is 11.6 Å². The summed E-state index contributed by atoms with van der Waals surface area (Å²) in [5.74, 6) is 0.391. The Morgan fingerprint density at radius 1 is 1.00 bits per heavy atom. The summed E-state index contributed by atoms with van der Waals surface area (Å²) in [6.45, 7) is 7.97. The van der Waals surface area contributed by atoms with Gasteiger partial charge in [-0.3, -0.25) is 10.1 Å². The molecule has 1 saturated heterocycles. The SMILES string of the molecule is CC(C)(C)OC(=O)N1C[C@H](CN(Cc2cccc([N+](=O)[O-])c2)c2ccc(Cl)cc2)[C@@H](Cc2ccccc2)C1. The second kappa shape index (κ2) is 11.9. The van der Waals surface area contributed by atoms with Crippen LogP contribution in [0, 0.1) is 22.0 Å². The Morgan fingerprint density at radius 3 is 2.32 bits per heavy atom. The molecule has 200 valence electrons. The normalized spacial score (nSPS) is 17.3. The van der Waals surface area contributed by atoms with Gasteiger partial charge in [0.15, 0.2) is 0 Å². The van der Waals surface area contributed by atoms with E-state index in [4.69, 9.17) is 16.3 Å². The molecule has 0 aliphatic carbocycles. The highest BCUT2D eigenvalue weighted by Gasteiger charge is 2.38. The molecule has 38 heavy (non-hydrogen) atoms. The fraction of sp³-hybridized carbons (Fsp3) is 0.367. The van der Waals surface area contributed by atoms with E-state index < -0.39 is 5.60 Å². The minimum Gasteiger partial charge on any atom is -0.444 e. The Labute approximate surface area is 229 Å². The quantitative estimate of drug-likeness (QED) is 0.230. The van der Waals surface area contributed by atoms with E-state index >= 15 is 0 Å². The molecule has 0 radical (unpaired) electrons. The molecule has 1 amide bonds. The average Bonchev–Trinajstić information content (AvgIpc) is 3.26. The van der Waals surface area contributed by atoms with Gasteiger partial charge in [0, 0.05) is 49.0 Å². The lowest BCUT2D eigenvalue weighted by Gasteiger charge is -2.30. The van der Waals surface area contributed by atoms with Gasteiger partial charge in [0.25, 0.3) is 5.69 Å². The number of nitro groups is 1. The zero-order chi connectivity index (χ0) is 27.3. The summed E-state index contributed by atoms with van der Waals surface area (Å²) in [4.78, 5) is 28.0.